The summed E-state index contributed by atoms with van der Waals surface area (Å²) in [5.74, 6) is 1.17. The van der Waals surface area contributed by atoms with Gasteiger partial charge in [0.05, 0.1) is 6.61 Å². The van der Waals surface area contributed by atoms with Crippen LogP contribution in [0.3, 0.4) is 0 Å². The summed E-state index contributed by atoms with van der Waals surface area (Å²) in [6.45, 7) is 9.57. The second-order valence-corrected chi connectivity index (χ2v) is 3.80. The van der Waals surface area contributed by atoms with Gasteiger partial charge in [0, 0.05) is 19.6 Å². The number of hydrogen-bond donors (Lipinski definition) is 1. The van der Waals surface area contributed by atoms with Gasteiger partial charge in [0.1, 0.15) is 0 Å². The highest BCUT2D eigenvalue weighted by atomic mass is 16.5. The molecule has 0 saturated heterocycles. The van der Waals surface area contributed by atoms with Gasteiger partial charge in [-0.1, -0.05) is 0 Å². The molecule has 6 nitrogen and oxygen atoms in total. The highest BCUT2D eigenvalue weighted by molar-refractivity contribution is 5.38. The Balaban J connectivity index is 3.08. The molecule has 1 N–H and O–H groups in total. The molecule has 96 valence electrons. The second-order valence-electron chi connectivity index (χ2n) is 3.80. The van der Waals surface area contributed by atoms with Gasteiger partial charge in [-0.15, -0.1) is 0 Å². The van der Waals surface area contributed by atoms with Crippen LogP contribution in [0, 0.1) is 0 Å². The summed E-state index contributed by atoms with van der Waals surface area (Å²) in [7, 11) is 1.78. The van der Waals surface area contributed by atoms with Gasteiger partial charge in [-0.25, -0.2) is 0 Å². The Kier molecular flexibility index (Phi) is 4.93. The number of rotatable bonds is 6. The maximum Gasteiger partial charge on any atom is 0.323 e. The van der Waals surface area contributed by atoms with E-state index < -0.39 is 0 Å². The van der Waals surface area contributed by atoms with Gasteiger partial charge in [0.15, 0.2) is 0 Å². The summed E-state index contributed by atoms with van der Waals surface area (Å²) in [5.41, 5.74) is 0. The minimum Gasteiger partial charge on any atom is -0.464 e. The average molecular weight is 239 g/mol. The first-order chi connectivity index (χ1) is 8.12. The van der Waals surface area contributed by atoms with Crippen LogP contribution in [-0.4, -0.2) is 41.2 Å². The van der Waals surface area contributed by atoms with Crippen LogP contribution in [0.1, 0.15) is 27.7 Å². The van der Waals surface area contributed by atoms with Gasteiger partial charge < -0.3 is 15.0 Å². The molecule has 0 aliphatic rings. The van der Waals surface area contributed by atoms with E-state index in [-0.39, 0.29) is 0 Å². The molecule has 1 aromatic heterocycles. The summed E-state index contributed by atoms with van der Waals surface area (Å²) in [5, 5.41) is 2.92. The van der Waals surface area contributed by atoms with Crippen molar-refractivity contribution in [3.63, 3.8) is 0 Å². The molecule has 0 aliphatic carbocycles. The number of hydrogen-bond acceptors (Lipinski definition) is 6. The van der Waals surface area contributed by atoms with Crippen molar-refractivity contribution in [3.05, 3.63) is 0 Å². The fraction of sp³-hybridized carbons (Fsp3) is 0.727. The van der Waals surface area contributed by atoms with Crippen molar-refractivity contribution >= 4 is 11.9 Å². The van der Waals surface area contributed by atoms with E-state index in [4.69, 9.17) is 4.74 Å². The van der Waals surface area contributed by atoms with Crippen molar-refractivity contribution in [3.8, 4) is 6.01 Å². The lowest BCUT2D eigenvalue weighted by atomic mass is 10.3. The monoisotopic (exact) mass is 239 g/mol. The third kappa shape index (κ3) is 3.44. The molecule has 0 unspecified atom stereocenters. The predicted octanol–water partition coefficient (Wildman–Crippen LogP) is 1.55. The zero-order chi connectivity index (χ0) is 12.8. The smallest absolute Gasteiger partial charge is 0.323 e. The standard InChI is InChI=1S/C11H21N5O/c1-6-16(8(3)4)10-13-9(12-5)14-11(15-10)17-7-2/h8H,6-7H2,1-5H3,(H,12,13,14,15). The molecule has 0 radical (unpaired) electrons. The zero-order valence-corrected chi connectivity index (χ0v) is 11.2. The first kappa shape index (κ1) is 13.5. The van der Waals surface area contributed by atoms with E-state index in [0.717, 1.165) is 6.54 Å². The second kappa shape index (κ2) is 6.22. The molecule has 1 aromatic rings. The number of anilines is 2. The quantitative estimate of drug-likeness (QED) is 0.812. The van der Waals surface area contributed by atoms with Crippen molar-refractivity contribution in [2.24, 2.45) is 0 Å². The molecular weight excluding hydrogens is 218 g/mol. The van der Waals surface area contributed by atoms with Gasteiger partial charge in [-0.05, 0) is 27.7 Å². The first-order valence-electron chi connectivity index (χ1n) is 5.95. The summed E-state index contributed by atoms with van der Waals surface area (Å²) >= 11 is 0. The van der Waals surface area contributed by atoms with E-state index in [1.165, 1.54) is 0 Å². The van der Waals surface area contributed by atoms with Crippen LogP contribution in [0.4, 0.5) is 11.9 Å². The Hall–Kier alpha value is -1.59. The van der Waals surface area contributed by atoms with Gasteiger partial charge in [0.25, 0.3) is 0 Å². The highest BCUT2D eigenvalue weighted by Crippen LogP contribution is 2.16. The number of nitrogens with one attached hydrogen (secondary N) is 1. The maximum absolute atomic E-state index is 5.33. The van der Waals surface area contributed by atoms with E-state index in [0.29, 0.717) is 30.6 Å². The predicted molar refractivity (Wildman–Crippen MR) is 68.7 cm³/mol. The van der Waals surface area contributed by atoms with Crippen molar-refractivity contribution in [1.29, 1.82) is 0 Å². The van der Waals surface area contributed by atoms with Crippen molar-refractivity contribution < 1.29 is 4.74 Å². The molecule has 0 aliphatic heterocycles. The molecule has 0 saturated carbocycles. The summed E-state index contributed by atoms with van der Waals surface area (Å²) in [6.07, 6.45) is 0. The molecule has 0 bridgehead atoms. The summed E-state index contributed by atoms with van der Waals surface area (Å²) in [6, 6.07) is 0.697. The molecule has 0 atom stereocenters. The van der Waals surface area contributed by atoms with E-state index in [9.17, 15) is 0 Å². The van der Waals surface area contributed by atoms with E-state index in [1.54, 1.807) is 7.05 Å². The molecule has 1 heterocycles. The maximum atomic E-state index is 5.33. The van der Waals surface area contributed by atoms with Gasteiger partial charge in [-0.2, -0.15) is 15.0 Å². The largest absolute Gasteiger partial charge is 0.464 e. The van der Waals surface area contributed by atoms with Crippen molar-refractivity contribution in [1.82, 2.24) is 15.0 Å². The fourth-order valence-electron chi connectivity index (χ4n) is 1.52. The van der Waals surface area contributed by atoms with E-state index >= 15 is 0 Å². The van der Waals surface area contributed by atoms with Crippen LogP contribution in [0.5, 0.6) is 6.01 Å². The van der Waals surface area contributed by atoms with Crippen LogP contribution < -0.4 is 15.0 Å². The Labute approximate surface area is 102 Å². The lowest BCUT2D eigenvalue weighted by Crippen LogP contribution is -2.32. The van der Waals surface area contributed by atoms with Crippen molar-refractivity contribution in [2.75, 3.05) is 30.4 Å². The molecule has 17 heavy (non-hydrogen) atoms. The van der Waals surface area contributed by atoms with Crippen molar-refractivity contribution in [2.45, 2.75) is 33.7 Å². The first-order valence-corrected chi connectivity index (χ1v) is 5.95. The Morgan fingerprint density at radius 2 is 1.94 bits per heavy atom. The normalized spacial score (nSPS) is 10.5. The molecule has 6 heteroatoms. The lowest BCUT2D eigenvalue weighted by Gasteiger charge is -2.25. The molecular formula is C11H21N5O. The number of ether oxygens (including phenoxy) is 1. The molecule has 0 fully saturated rings. The van der Waals surface area contributed by atoms with Gasteiger partial charge in [0.2, 0.25) is 11.9 Å². The molecule has 0 spiro atoms. The SMILES string of the molecule is CCOc1nc(NC)nc(N(CC)C(C)C)n1. The number of aromatic nitrogens is 3. The van der Waals surface area contributed by atoms with E-state index in [2.05, 4.69) is 45.9 Å². The third-order valence-electron chi connectivity index (χ3n) is 2.32. The number of nitrogens with zero attached hydrogens (tertiary/aromatic N) is 4. The zero-order valence-electron chi connectivity index (χ0n) is 11.2. The van der Waals surface area contributed by atoms with Crippen LogP contribution in [0.25, 0.3) is 0 Å². The molecule has 0 aromatic carbocycles. The lowest BCUT2D eigenvalue weighted by molar-refractivity contribution is 0.312. The summed E-state index contributed by atoms with van der Waals surface area (Å²) in [4.78, 5) is 14.9. The fourth-order valence-corrected chi connectivity index (χ4v) is 1.52. The van der Waals surface area contributed by atoms with Crippen LogP contribution in [0.2, 0.25) is 0 Å². The van der Waals surface area contributed by atoms with Crippen LogP contribution >= 0.6 is 0 Å². The van der Waals surface area contributed by atoms with Crippen LogP contribution in [-0.2, 0) is 0 Å². The third-order valence-corrected chi connectivity index (χ3v) is 2.32. The topological polar surface area (TPSA) is 63.2 Å². The Bertz CT molecular complexity index is 356. The highest BCUT2D eigenvalue weighted by Gasteiger charge is 2.14. The average Bonchev–Trinajstić information content (AvgIpc) is 2.29. The Morgan fingerprint density at radius 1 is 1.24 bits per heavy atom. The Morgan fingerprint density at radius 3 is 2.41 bits per heavy atom. The van der Waals surface area contributed by atoms with Crippen LogP contribution in [0.15, 0.2) is 0 Å². The van der Waals surface area contributed by atoms with Gasteiger partial charge >= 0.3 is 6.01 Å². The minimum absolute atomic E-state index is 0.335. The van der Waals surface area contributed by atoms with Gasteiger partial charge in [-0.3, -0.25) is 0 Å². The molecule has 1 rings (SSSR count). The van der Waals surface area contributed by atoms with E-state index in [1.807, 2.05) is 6.92 Å². The molecule has 0 amide bonds. The minimum atomic E-state index is 0.335. The summed E-state index contributed by atoms with van der Waals surface area (Å²) < 4.78 is 5.33.